The van der Waals surface area contributed by atoms with Gasteiger partial charge in [0.05, 0.1) is 0 Å². The van der Waals surface area contributed by atoms with E-state index in [4.69, 9.17) is 0 Å². The van der Waals surface area contributed by atoms with Gasteiger partial charge >= 0.3 is 0 Å². The third-order valence-electron chi connectivity index (χ3n) is 6.23. The fraction of sp³-hybridized carbons (Fsp3) is 1.00. The summed E-state index contributed by atoms with van der Waals surface area (Å²) in [7, 11) is 2.26. The summed E-state index contributed by atoms with van der Waals surface area (Å²) in [6.45, 7) is 5.12. The van der Waals surface area contributed by atoms with E-state index in [1.54, 1.807) is 0 Å². The lowest BCUT2D eigenvalue weighted by molar-refractivity contribution is 0.206. The Hall–Kier alpha value is -0.120. The molecule has 3 nitrogen and oxygen atoms in total. The number of hydrogen-bond donors (Lipinski definition) is 2. The summed E-state index contributed by atoms with van der Waals surface area (Å²) in [4.78, 5) is 2.48. The van der Waals surface area contributed by atoms with Crippen LogP contribution in [0.4, 0.5) is 0 Å². The van der Waals surface area contributed by atoms with Gasteiger partial charge in [-0.25, -0.2) is 0 Å². The van der Waals surface area contributed by atoms with E-state index in [-0.39, 0.29) is 0 Å². The average Bonchev–Trinajstić information content (AvgIpc) is 2.99. The van der Waals surface area contributed by atoms with Gasteiger partial charge in [0.2, 0.25) is 0 Å². The third-order valence-corrected chi connectivity index (χ3v) is 6.23. The van der Waals surface area contributed by atoms with Gasteiger partial charge in [0, 0.05) is 12.1 Å². The summed E-state index contributed by atoms with van der Waals surface area (Å²) >= 11 is 0. The van der Waals surface area contributed by atoms with Crippen LogP contribution in [0.1, 0.15) is 57.8 Å². The highest BCUT2D eigenvalue weighted by Gasteiger charge is 2.33. The van der Waals surface area contributed by atoms with Crippen molar-refractivity contribution in [3.05, 3.63) is 0 Å². The first-order valence-electron chi connectivity index (χ1n) is 9.48. The van der Waals surface area contributed by atoms with Crippen molar-refractivity contribution in [3.63, 3.8) is 0 Å². The van der Waals surface area contributed by atoms with Crippen LogP contribution in [0, 0.1) is 11.8 Å². The number of nitrogens with one attached hydrogen (secondary N) is 2. The van der Waals surface area contributed by atoms with Gasteiger partial charge in [-0.3, -0.25) is 0 Å². The van der Waals surface area contributed by atoms with Crippen LogP contribution in [0.3, 0.4) is 0 Å². The van der Waals surface area contributed by atoms with Crippen LogP contribution in [0.15, 0.2) is 0 Å². The molecule has 3 aliphatic rings. The van der Waals surface area contributed by atoms with E-state index >= 15 is 0 Å². The molecule has 3 heteroatoms. The Kier molecular flexibility index (Phi) is 5.96. The largest absolute Gasteiger partial charge is 0.314 e. The maximum absolute atomic E-state index is 3.93. The Morgan fingerprint density at radius 3 is 2.62 bits per heavy atom. The van der Waals surface area contributed by atoms with Crippen LogP contribution in [-0.2, 0) is 0 Å². The lowest BCUT2D eigenvalue weighted by Crippen LogP contribution is -2.47. The lowest BCUT2D eigenvalue weighted by atomic mass is 9.88. The molecule has 21 heavy (non-hydrogen) atoms. The van der Waals surface area contributed by atoms with Crippen molar-refractivity contribution < 1.29 is 0 Å². The Morgan fingerprint density at radius 2 is 1.86 bits per heavy atom. The van der Waals surface area contributed by atoms with E-state index in [9.17, 15) is 0 Å². The van der Waals surface area contributed by atoms with E-state index in [0.29, 0.717) is 0 Å². The molecule has 2 heterocycles. The van der Waals surface area contributed by atoms with Crippen LogP contribution in [0.5, 0.6) is 0 Å². The van der Waals surface area contributed by atoms with Crippen molar-refractivity contribution in [2.45, 2.75) is 69.9 Å². The summed E-state index contributed by atoms with van der Waals surface area (Å²) in [6.07, 6.45) is 12.8. The molecule has 3 rings (SSSR count). The Labute approximate surface area is 131 Å². The molecule has 3 fully saturated rings. The maximum atomic E-state index is 3.93. The van der Waals surface area contributed by atoms with Crippen LogP contribution in [0.2, 0.25) is 0 Å². The molecule has 0 radical (unpaired) electrons. The molecule has 0 spiro atoms. The molecule has 0 bridgehead atoms. The molecule has 2 saturated heterocycles. The smallest absolute Gasteiger partial charge is 0.0110 e. The van der Waals surface area contributed by atoms with Crippen LogP contribution < -0.4 is 10.6 Å². The maximum Gasteiger partial charge on any atom is 0.0110 e. The molecule has 1 aliphatic carbocycles. The highest BCUT2D eigenvalue weighted by Crippen LogP contribution is 2.32. The van der Waals surface area contributed by atoms with E-state index in [2.05, 4.69) is 22.6 Å². The summed E-state index contributed by atoms with van der Waals surface area (Å²) in [6, 6.07) is 1.61. The molecule has 0 aromatic carbocycles. The van der Waals surface area contributed by atoms with Gasteiger partial charge in [0.25, 0.3) is 0 Å². The van der Waals surface area contributed by atoms with Gasteiger partial charge in [0.15, 0.2) is 0 Å². The van der Waals surface area contributed by atoms with Gasteiger partial charge in [-0.1, -0.05) is 12.8 Å². The number of piperidine rings is 2. The van der Waals surface area contributed by atoms with Gasteiger partial charge in [0.1, 0.15) is 0 Å². The summed E-state index contributed by atoms with van der Waals surface area (Å²) in [5.41, 5.74) is 0. The standard InChI is InChI=1S/C18H35N3/c1-21-13-9-15(10-14-21)8-12-20-18-7-4-5-16(18)17-6-2-3-11-19-17/h15-20H,2-14H2,1H3. The number of nitrogens with zero attached hydrogens (tertiary/aromatic N) is 1. The fourth-order valence-corrected chi connectivity index (χ4v) is 4.79. The van der Waals surface area contributed by atoms with Crippen molar-refractivity contribution >= 4 is 0 Å². The second-order valence-electron chi connectivity index (χ2n) is 7.75. The topological polar surface area (TPSA) is 27.3 Å². The quantitative estimate of drug-likeness (QED) is 0.816. The minimum atomic E-state index is 0.798. The predicted molar refractivity (Wildman–Crippen MR) is 89.6 cm³/mol. The molecule has 0 amide bonds. The monoisotopic (exact) mass is 293 g/mol. The van der Waals surface area contributed by atoms with E-state index < -0.39 is 0 Å². The number of likely N-dealkylation sites (tertiary alicyclic amines) is 1. The summed E-state index contributed by atoms with van der Waals surface area (Å²) in [5, 5.41) is 7.72. The average molecular weight is 293 g/mol. The highest BCUT2D eigenvalue weighted by atomic mass is 15.1. The predicted octanol–water partition coefficient (Wildman–Crippen LogP) is 2.62. The molecule has 2 aliphatic heterocycles. The Balaban J connectivity index is 1.37. The first-order valence-corrected chi connectivity index (χ1v) is 9.48. The van der Waals surface area contributed by atoms with Crippen LogP contribution in [-0.4, -0.2) is 50.2 Å². The fourth-order valence-electron chi connectivity index (χ4n) is 4.79. The molecular weight excluding hydrogens is 258 g/mol. The second-order valence-corrected chi connectivity index (χ2v) is 7.75. The van der Waals surface area contributed by atoms with E-state index in [0.717, 1.165) is 23.9 Å². The lowest BCUT2D eigenvalue weighted by Gasteiger charge is -2.34. The summed E-state index contributed by atoms with van der Waals surface area (Å²) < 4.78 is 0. The third kappa shape index (κ3) is 4.43. The molecule has 1 saturated carbocycles. The zero-order valence-corrected chi connectivity index (χ0v) is 13.9. The second kappa shape index (κ2) is 7.94. The normalized spacial score (nSPS) is 36.1. The molecule has 3 unspecified atom stereocenters. The summed E-state index contributed by atoms with van der Waals surface area (Å²) in [5.74, 6) is 1.88. The Bertz CT molecular complexity index is 293. The highest BCUT2D eigenvalue weighted by molar-refractivity contribution is 4.92. The van der Waals surface area contributed by atoms with Gasteiger partial charge in [-0.15, -0.1) is 0 Å². The van der Waals surface area contributed by atoms with Crippen LogP contribution >= 0.6 is 0 Å². The zero-order chi connectivity index (χ0) is 14.5. The van der Waals surface area contributed by atoms with Crippen molar-refractivity contribution in [3.8, 4) is 0 Å². The molecule has 0 aromatic heterocycles. The molecule has 2 N–H and O–H groups in total. The molecular formula is C18H35N3. The number of rotatable bonds is 5. The first-order chi connectivity index (χ1) is 10.3. The minimum Gasteiger partial charge on any atom is -0.314 e. The van der Waals surface area contributed by atoms with Crippen molar-refractivity contribution in [2.24, 2.45) is 11.8 Å². The first kappa shape index (κ1) is 15.8. The van der Waals surface area contributed by atoms with Gasteiger partial charge in [-0.05, 0) is 90.0 Å². The number of hydrogen-bond acceptors (Lipinski definition) is 3. The van der Waals surface area contributed by atoms with E-state index in [1.807, 2.05) is 0 Å². The van der Waals surface area contributed by atoms with E-state index in [1.165, 1.54) is 84.0 Å². The van der Waals surface area contributed by atoms with Gasteiger partial charge < -0.3 is 15.5 Å². The SMILES string of the molecule is CN1CCC(CCNC2CCCC2C2CCCCN2)CC1. The van der Waals surface area contributed by atoms with Crippen molar-refractivity contribution in [1.82, 2.24) is 15.5 Å². The van der Waals surface area contributed by atoms with Crippen LogP contribution in [0.25, 0.3) is 0 Å². The molecule has 122 valence electrons. The molecule has 0 aromatic rings. The zero-order valence-electron chi connectivity index (χ0n) is 13.9. The minimum absolute atomic E-state index is 0.798. The van der Waals surface area contributed by atoms with Gasteiger partial charge in [-0.2, -0.15) is 0 Å². The van der Waals surface area contributed by atoms with Crippen molar-refractivity contribution in [1.29, 1.82) is 0 Å². The van der Waals surface area contributed by atoms with Crippen molar-refractivity contribution in [2.75, 3.05) is 33.2 Å². The molecule has 3 atom stereocenters. The Morgan fingerprint density at radius 1 is 1.00 bits per heavy atom.